The lowest BCUT2D eigenvalue weighted by molar-refractivity contribution is -0.129. The van der Waals surface area contributed by atoms with E-state index < -0.39 is 6.04 Å². The van der Waals surface area contributed by atoms with Crippen molar-refractivity contribution in [3.8, 4) is 0 Å². The van der Waals surface area contributed by atoms with E-state index in [4.69, 9.17) is 0 Å². The first kappa shape index (κ1) is 15.3. The van der Waals surface area contributed by atoms with Gasteiger partial charge in [-0.15, -0.1) is 0 Å². The highest BCUT2D eigenvalue weighted by molar-refractivity contribution is 6.26. The van der Waals surface area contributed by atoms with Crippen molar-refractivity contribution in [2.75, 3.05) is 0 Å². The summed E-state index contributed by atoms with van der Waals surface area (Å²) in [5.74, 6) is -0.754. The van der Waals surface area contributed by atoms with Crippen molar-refractivity contribution < 1.29 is 14.7 Å². The van der Waals surface area contributed by atoms with E-state index in [2.05, 4.69) is 0 Å². The molecule has 0 aromatic heterocycles. The molecule has 0 spiro atoms. The third-order valence-electron chi connectivity index (χ3n) is 4.07. The van der Waals surface area contributed by atoms with Crippen LogP contribution in [0.3, 0.4) is 0 Å². The Morgan fingerprint density at radius 3 is 2.43 bits per heavy atom. The van der Waals surface area contributed by atoms with Crippen LogP contribution in [0.4, 0.5) is 0 Å². The number of hydrogen-bond acceptors (Lipinski definition) is 3. The van der Waals surface area contributed by atoms with Gasteiger partial charge in [-0.2, -0.15) is 0 Å². The summed E-state index contributed by atoms with van der Waals surface area (Å²) < 4.78 is 0. The molecule has 1 fully saturated rings. The topological polar surface area (TPSA) is 57.6 Å². The van der Waals surface area contributed by atoms with E-state index in [0.717, 1.165) is 12.0 Å². The van der Waals surface area contributed by atoms with E-state index in [1.165, 1.54) is 6.92 Å². The molecule has 4 heteroatoms. The van der Waals surface area contributed by atoms with Gasteiger partial charge in [0, 0.05) is 6.54 Å². The largest absolute Gasteiger partial charge is 0.512 e. The van der Waals surface area contributed by atoms with Crippen LogP contribution in [0.25, 0.3) is 0 Å². The molecule has 0 radical (unpaired) electrons. The molecule has 1 unspecified atom stereocenters. The maximum Gasteiger partial charge on any atom is 0.261 e. The van der Waals surface area contributed by atoms with Crippen LogP contribution in [-0.2, 0) is 16.1 Å². The first-order chi connectivity index (χ1) is 9.97. The third kappa shape index (κ3) is 2.84. The Bertz CT molecular complexity index is 573. The average Bonchev–Trinajstić information content (AvgIpc) is 2.70. The molecule has 1 heterocycles. The van der Waals surface area contributed by atoms with Gasteiger partial charge >= 0.3 is 0 Å². The highest BCUT2D eigenvalue weighted by Crippen LogP contribution is 2.30. The highest BCUT2D eigenvalue weighted by atomic mass is 16.3. The second-order valence-electron chi connectivity index (χ2n) is 5.57. The number of benzene rings is 1. The standard InChI is InChI=1S/C17H21NO3/c1-4-11(2)15-16(20)14(12(3)19)17(21)18(15)10-13-8-6-5-7-9-13/h5-9,11,15,19H,4,10H2,1-3H3/b14-12+/t11?,15-/m0/s1. The molecule has 0 aliphatic carbocycles. The molecule has 1 saturated heterocycles. The van der Waals surface area contributed by atoms with E-state index in [1.54, 1.807) is 4.90 Å². The predicted molar refractivity (Wildman–Crippen MR) is 80.6 cm³/mol. The summed E-state index contributed by atoms with van der Waals surface area (Å²) >= 11 is 0. The smallest absolute Gasteiger partial charge is 0.261 e. The second-order valence-corrected chi connectivity index (χ2v) is 5.57. The summed E-state index contributed by atoms with van der Waals surface area (Å²) in [5.41, 5.74) is 0.917. The zero-order valence-electron chi connectivity index (χ0n) is 12.7. The van der Waals surface area contributed by atoms with E-state index in [0.29, 0.717) is 6.54 Å². The minimum absolute atomic E-state index is 0.0574. The van der Waals surface area contributed by atoms with Gasteiger partial charge in [0.15, 0.2) is 5.78 Å². The Labute approximate surface area is 125 Å². The number of Topliss-reactive ketones (excluding diaryl/α,β-unsaturated/α-hetero) is 1. The predicted octanol–water partition coefficient (Wildman–Crippen LogP) is 2.84. The lowest BCUT2D eigenvalue weighted by Crippen LogP contribution is -2.39. The van der Waals surface area contributed by atoms with Crippen LogP contribution >= 0.6 is 0 Å². The number of aliphatic hydroxyl groups excluding tert-OH is 1. The van der Waals surface area contributed by atoms with Crippen LogP contribution in [0, 0.1) is 5.92 Å². The highest BCUT2D eigenvalue weighted by Gasteiger charge is 2.46. The van der Waals surface area contributed by atoms with Gasteiger partial charge in [0.1, 0.15) is 11.3 Å². The number of ketones is 1. The number of rotatable bonds is 4. The van der Waals surface area contributed by atoms with Crippen LogP contribution in [0.5, 0.6) is 0 Å². The van der Waals surface area contributed by atoms with Crippen molar-refractivity contribution in [2.24, 2.45) is 5.92 Å². The number of amides is 1. The summed E-state index contributed by atoms with van der Waals surface area (Å²) in [6.07, 6.45) is 0.798. The van der Waals surface area contributed by atoms with Crippen LogP contribution in [0.15, 0.2) is 41.7 Å². The van der Waals surface area contributed by atoms with E-state index in [-0.39, 0.29) is 28.9 Å². The lowest BCUT2D eigenvalue weighted by atomic mass is 9.94. The second kappa shape index (κ2) is 6.12. The number of likely N-dealkylation sites (tertiary alicyclic amines) is 1. The molecule has 0 saturated carbocycles. The molecular weight excluding hydrogens is 266 g/mol. The minimum Gasteiger partial charge on any atom is -0.512 e. The van der Waals surface area contributed by atoms with Gasteiger partial charge in [0.25, 0.3) is 5.91 Å². The van der Waals surface area contributed by atoms with Gasteiger partial charge < -0.3 is 10.0 Å². The molecule has 1 N–H and O–H groups in total. The van der Waals surface area contributed by atoms with Crippen molar-refractivity contribution >= 4 is 11.7 Å². The fourth-order valence-electron chi connectivity index (χ4n) is 2.74. The molecule has 1 aromatic rings. The van der Waals surface area contributed by atoms with Crippen molar-refractivity contribution in [3.05, 3.63) is 47.2 Å². The summed E-state index contributed by atoms with van der Waals surface area (Å²) in [6.45, 7) is 5.74. The Morgan fingerprint density at radius 2 is 1.90 bits per heavy atom. The number of allylic oxidation sites excluding steroid dienone is 1. The van der Waals surface area contributed by atoms with Crippen LogP contribution in [0.2, 0.25) is 0 Å². The summed E-state index contributed by atoms with van der Waals surface area (Å²) in [7, 11) is 0. The van der Waals surface area contributed by atoms with Crippen LogP contribution < -0.4 is 0 Å². The van der Waals surface area contributed by atoms with E-state index >= 15 is 0 Å². The molecule has 1 aliphatic rings. The number of aliphatic hydroxyl groups is 1. The first-order valence-corrected chi connectivity index (χ1v) is 7.26. The lowest BCUT2D eigenvalue weighted by Gasteiger charge is -2.27. The third-order valence-corrected chi connectivity index (χ3v) is 4.07. The number of carbonyl (C=O) groups is 2. The molecule has 0 bridgehead atoms. The SMILES string of the molecule is CCC(C)[C@H]1C(=O)/C(=C(/C)O)C(=O)N1Cc1ccccc1. The monoisotopic (exact) mass is 287 g/mol. The molecule has 4 nitrogen and oxygen atoms in total. The first-order valence-electron chi connectivity index (χ1n) is 7.26. The maximum atomic E-state index is 12.5. The number of nitrogens with zero attached hydrogens (tertiary/aromatic N) is 1. The Kier molecular flexibility index (Phi) is 4.46. The zero-order valence-corrected chi connectivity index (χ0v) is 12.7. The molecule has 2 rings (SSSR count). The normalized spacial score (nSPS) is 22.6. The van der Waals surface area contributed by atoms with Crippen LogP contribution in [0.1, 0.15) is 32.8 Å². The summed E-state index contributed by atoms with van der Waals surface area (Å²) in [5, 5.41) is 9.66. The fraction of sp³-hybridized carbons (Fsp3) is 0.412. The van der Waals surface area contributed by atoms with E-state index in [1.807, 2.05) is 44.2 Å². The van der Waals surface area contributed by atoms with Gasteiger partial charge in [-0.3, -0.25) is 9.59 Å². The Balaban J connectivity index is 2.38. The maximum absolute atomic E-state index is 12.5. The number of carbonyl (C=O) groups excluding carboxylic acids is 2. The molecule has 1 amide bonds. The molecular formula is C17H21NO3. The summed E-state index contributed by atoms with van der Waals surface area (Å²) in [4.78, 5) is 26.5. The van der Waals surface area contributed by atoms with Gasteiger partial charge in [-0.1, -0.05) is 50.6 Å². The van der Waals surface area contributed by atoms with Crippen molar-refractivity contribution in [1.82, 2.24) is 4.90 Å². The van der Waals surface area contributed by atoms with Crippen molar-refractivity contribution in [3.63, 3.8) is 0 Å². The fourth-order valence-corrected chi connectivity index (χ4v) is 2.74. The van der Waals surface area contributed by atoms with Gasteiger partial charge in [0.2, 0.25) is 0 Å². The molecule has 2 atom stereocenters. The minimum atomic E-state index is -0.486. The Morgan fingerprint density at radius 1 is 1.29 bits per heavy atom. The molecule has 1 aromatic carbocycles. The van der Waals surface area contributed by atoms with Crippen molar-refractivity contribution in [1.29, 1.82) is 0 Å². The number of hydrogen-bond donors (Lipinski definition) is 1. The average molecular weight is 287 g/mol. The van der Waals surface area contributed by atoms with Gasteiger partial charge in [-0.05, 0) is 18.4 Å². The molecule has 112 valence electrons. The summed E-state index contributed by atoms with van der Waals surface area (Å²) in [6, 6.07) is 9.10. The van der Waals surface area contributed by atoms with Crippen LogP contribution in [-0.4, -0.2) is 27.7 Å². The zero-order chi connectivity index (χ0) is 15.6. The van der Waals surface area contributed by atoms with Gasteiger partial charge in [-0.25, -0.2) is 0 Å². The molecule has 1 aliphatic heterocycles. The quantitative estimate of drug-likeness (QED) is 0.526. The Hall–Kier alpha value is -2.10. The van der Waals surface area contributed by atoms with Gasteiger partial charge in [0.05, 0.1) is 6.04 Å². The molecule has 21 heavy (non-hydrogen) atoms. The van der Waals surface area contributed by atoms with Crippen molar-refractivity contribution in [2.45, 2.75) is 39.8 Å². The van der Waals surface area contributed by atoms with E-state index in [9.17, 15) is 14.7 Å².